The maximum atomic E-state index is 12.7. The number of aryl methyl sites for hydroxylation is 1. The summed E-state index contributed by atoms with van der Waals surface area (Å²) in [6.45, 7) is 16.0. The lowest BCUT2D eigenvalue weighted by atomic mass is 9.88. The molecule has 2 saturated heterocycles. The summed E-state index contributed by atoms with van der Waals surface area (Å²) in [5, 5.41) is 6.81. The van der Waals surface area contributed by atoms with Crippen LogP contribution in [0.3, 0.4) is 0 Å². The van der Waals surface area contributed by atoms with E-state index in [0.717, 1.165) is 69.6 Å². The molecule has 3 heterocycles. The molecular formula is C29H46N4O2. The SMILES string of the molecule is CC1=C(CN2CCC(C(=O)NCCCN3CCCC(C(C)C)C3)CC2)NC(c2ccccc2C)O1. The minimum absolute atomic E-state index is 0.101. The molecule has 2 fully saturated rings. The number of benzene rings is 1. The molecule has 1 amide bonds. The number of ether oxygens (including phenoxy) is 1. The van der Waals surface area contributed by atoms with Crippen LogP contribution in [-0.4, -0.2) is 61.5 Å². The summed E-state index contributed by atoms with van der Waals surface area (Å²) in [7, 11) is 0. The summed E-state index contributed by atoms with van der Waals surface area (Å²) >= 11 is 0. The number of nitrogens with one attached hydrogen (secondary N) is 2. The van der Waals surface area contributed by atoms with Crippen LogP contribution in [0.5, 0.6) is 0 Å². The third-order valence-corrected chi connectivity index (χ3v) is 8.27. The molecule has 194 valence electrons. The highest BCUT2D eigenvalue weighted by molar-refractivity contribution is 5.78. The molecule has 2 N–H and O–H groups in total. The summed E-state index contributed by atoms with van der Waals surface area (Å²) in [6.07, 6.45) is 5.51. The number of hydrogen-bond acceptors (Lipinski definition) is 5. The van der Waals surface area contributed by atoms with Crippen molar-refractivity contribution < 1.29 is 9.53 Å². The summed E-state index contributed by atoms with van der Waals surface area (Å²) < 4.78 is 6.13. The number of nitrogens with zero attached hydrogens (tertiary/aromatic N) is 2. The van der Waals surface area contributed by atoms with Gasteiger partial charge in [-0.05, 0) is 89.5 Å². The summed E-state index contributed by atoms with van der Waals surface area (Å²) in [6, 6.07) is 8.37. The van der Waals surface area contributed by atoms with Gasteiger partial charge < -0.3 is 20.3 Å². The second kappa shape index (κ2) is 12.3. The molecule has 1 aromatic rings. The van der Waals surface area contributed by atoms with Crippen molar-refractivity contribution in [2.75, 3.05) is 45.8 Å². The van der Waals surface area contributed by atoms with E-state index < -0.39 is 0 Å². The topological polar surface area (TPSA) is 56.8 Å². The number of allylic oxidation sites excluding steroid dienone is 1. The van der Waals surface area contributed by atoms with E-state index >= 15 is 0 Å². The Morgan fingerprint density at radius 2 is 1.89 bits per heavy atom. The second-order valence-corrected chi connectivity index (χ2v) is 11.2. The predicted octanol–water partition coefficient (Wildman–Crippen LogP) is 4.43. The second-order valence-electron chi connectivity index (χ2n) is 11.2. The molecule has 3 aliphatic heterocycles. The fraction of sp³-hybridized carbons (Fsp3) is 0.690. The van der Waals surface area contributed by atoms with Crippen molar-refractivity contribution in [2.24, 2.45) is 17.8 Å². The first kappa shape index (κ1) is 26.0. The van der Waals surface area contributed by atoms with E-state index in [1.54, 1.807) is 0 Å². The van der Waals surface area contributed by atoms with Gasteiger partial charge in [0.2, 0.25) is 5.91 Å². The Morgan fingerprint density at radius 3 is 2.63 bits per heavy atom. The van der Waals surface area contributed by atoms with Gasteiger partial charge in [-0.2, -0.15) is 0 Å². The molecule has 3 aliphatic rings. The van der Waals surface area contributed by atoms with Crippen molar-refractivity contribution in [3.05, 3.63) is 46.8 Å². The number of amides is 1. The Labute approximate surface area is 212 Å². The van der Waals surface area contributed by atoms with E-state index in [1.807, 2.05) is 6.92 Å². The van der Waals surface area contributed by atoms with Gasteiger partial charge in [0, 0.05) is 31.1 Å². The Kier molecular flexibility index (Phi) is 9.12. The zero-order chi connectivity index (χ0) is 24.8. The minimum Gasteiger partial charge on any atom is -0.469 e. The van der Waals surface area contributed by atoms with Crippen LogP contribution in [0.25, 0.3) is 0 Å². The number of rotatable bonds is 9. The molecule has 6 nitrogen and oxygen atoms in total. The van der Waals surface area contributed by atoms with E-state index in [1.165, 1.54) is 42.8 Å². The highest BCUT2D eigenvalue weighted by Crippen LogP contribution is 2.30. The average molecular weight is 483 g/mol. The van der Waals surface area contributed by atoms with Crippen molar-refractivity contribution in [1.29, 1.82) is 0 Å². The molecular weight excluding hydrogens is 436 g/mol. The van der Waals surface area contributed by atoms with Gasteiger partial charge in [0.05, 0.1) is 5.70 Å². The van der Waals surface area contributed by atoms with E-state index in [-0.39, 0.29) is 18.1 Å². The average Bonchev–Trinajstić information content (AvgIpc) is 3.22. The Balaban J connectivity index is 1.13. The number of likely N-dealkylation sites (tertiary alicyclic amines) is 2. The standard InChI is InChI=1S/C29H46N4O2/c1-21(2)25-10-7-15-32(19-25)16-8-14-30-28(34)24-12-17-33(18-13-24)20-27-23(4)35-29(31-27)26-11-6-5-9-22(26)3/h5-6,9,11,21,24-25,29,31H,7-8,10,12-20H2,1-4H3,(H,30,34). The number of carbonyl (C=O) groups is 1. The lowest BCUT2D eigenvalue weighted by molar-refractivity contribution is -0.126. The molecule has 2 unspecified atom stereocenters. The van der Waals surface area contributed by atoms with Crippen LogP contribution >= 0.6 is 0 Å². The number of piperidine rings is 2. The monoisotopic (exact) mass is 482 g/mol. The van der Waals surface area contributed by atoms with Gasteiger partial charge in [0.25, 0.3) is 0 Å². The number of carbonyl (C=O) groups excluding carboxylic acids is 1. The fourth-order valence-corrected chi connectivity index (χ4v) is 5.79. The van der Waals surface area contributed by atoms with Crippen LogP contribution in [0.2, 0.25) is 0 Å². The van der Waals surface area contributed by atoms with Gasteiger partial charge >= 0.3 is 0 Å². The van der Waals surface area contributed by atoms with Crippen LogP contribution in [0.1, 0.15) is 70.2 Å². The van der Waals surface area contributed by atoms with Crippen molar-refractivity contribution in [2.45, 2.75) is 66.0 Å². The van der Waals surface area contributed by atoms with E-state index in [4.69, 9.17) is 4.74 Å². The third kappa shape index (κ3) is 7.01. The smallest absolute Gasteiger partial charge is 0.223 e. The van der Waals surface area contributed by atoms with E-state index in [0.29, 0.717) is 0 Å². The zero-order valence-corrected chi connectivity index (χ0v) is 22.3. The molecule has 0 spiro atoms. The van der Waals surface area contributed by atoms with Gasteiger partial charge in [-0.1, -0.05) is 38.1 Å². The molecule has 0 radical (unpaired) electrons. The van der Waals surface area contributed by atoms with Crippen molar-refractivity contribution in [1.82, 2.24) is 20.4 Å². The number of hydrogen-bond donors (Lipinski definition) is 2. The Bertz CT molecular complexity index is 875. The maximum Gasteiger partial charge on any atom is 0.223 e. The fourth-order valence-electron chi connectivity index (χ4n) is 5.79. The molecule has 0 aliphatic carbocycles. The van der Waals surface area contributed by atoms with Crippen LogP contribution in [0.15, 0.2) is 35.7 Å². The lowest BCUT2D eigenvalue weighted by Crippen LogP contribution is -2.43. The van der Waals surface area contributed by atoms with Crippen molar-refractivity contribution >= 4 is 5.91 Å². The normalized spacial score (nSPS) is 24.5. The Morgan fingerprint density at radius 1 is 1.11 bits per heavy atom. The summed E-state index contributed by atoms with van der Waals surface area (Å²) in [5.74, 6) is 2.99. The first-order chi connectivity index (χ1) is 16.9. The van der Waals surface area contributed by atoms with Gasteiger partial charge in [0.1, 0.15) is 5.76 Å². The van der Waals surface area contributed by atoms with Crippen LogP contribution in [-0.2, 0) is 9.53 Å². The van der Waals surface area contributed by atoms with Crippen molar-refractivity contribution in [3.63, 3.8) is 0 Å². The largest absolute Gasteiger partial charge is 0.469 e. The molecule has 4 rings (SSSR count). The molecule has 6 heteroatoms. The highest BCUT2D eigenvalue weighted by Gasteiger charge is 2.29. The first-order valence-corrected chi connectivity index (χ1v) is 13.8. The quantitative estimate of drug-likeness (QED) is 0.510. The third-order valence-electron chi connectivity index (χ3n) is 8.27. The van der Waals surface area contributed by atoms with Crippen LogP contribution in [0.4, 0.5) is 0 Å². The summed E-state index contributed by atoms with van der Waals surface area (Å²) in [4.78, 5) is 17.8. The van der Waals surface area contributed by atoms with Gasteiger partial charge in [-0.15, -0.1) is 0 Å². The molecule has 35 heavy (non-hydrogen) atoms. The van der Waals surface area contributed by atoms with Crippen molar-refractivity contribution in [3.8, 4) is 0 Å². The predicted molar refractivity (Wildman–Crippen MR) is 142 cm³/mol. The van der Waals surface area contributed by atoms with Gasteiger partial charge in [-0.3, -0.25) is 9.69 Å². The minimum atomic E-state index is -0.101. The van der Waals surface area contributed by atoms with Crippen LogP contribution in [0, 0.1) is 24.7 Å². The molecule has 0 saturated carbocycles. The molecule has 0 aromatic heterocycles. The van der Waals surface area contributed by atoms with Crippen LogP contribution < -0.4 is 10.6 Å². The molecule has 0 bridgehead atoms. The first-order valence-electron chi connectivity index (χ1n) is 13.8. The maximum absolute atomic E-state index is 12.7. The zero-order valence-electron chi connectivity index (χ0n) is 22.3. The van der Waals surface area contributed by atoms with E-state index in [2.05, 4.69) is 65.5 Å². The van der Waals surface area contributed by atoms with Gasteiger partial charge in [-0.25, -0.2) is 0 Å². The highest BCUT2D eigenvalue weighted by atomic mass is 16.5. The molecule has 1 aromatic carbocycles. The molecule has 2 atom stereocenters. The summed E-state index contributed by atoms with van der Waals surface area (Å²) in [5.41, 5.74) is 3.59. The van der Waals surface area contributed by atoms with Gasteiger partial charge in [0.15, 0.2) is 6.23 Å². The lowest BCUT2D eigenvalue weighted by Gasteiger charge is -2.35. The Hall–Kier alpha value is -2.05. The van der Waals surface area contributed by atoms with E-state index in [9.17, 15) is 4.79 Å².